The second-order valence-corrected chi connectivity index (χ2v) is 3.84. The Hall–Kier alpha value is -2.03. The molecule has 0 fully saturated rings. The maximum atomic E-state index is 13.2. The number of rotatable bonds is 2. The summed E-state index contributed by atoms with van der Waals surface area (Å²) in [5, 5.41) is 0. The molecule has 17 heavy (non-hydrogen) atoms. The predicted molar refractivity (Wildman–Crippen MR) is 61.9 cm³/mol. The molecule has 0 aliphatic rings. The largest absolute Gasteiger partial charge is 0.298 e. The summed E-state index contributed by atoms with van der Waals surface area (Å²) in [5.74, 6) is -1.96. The van der Waals surface area contributed by atoms with E-state index in [0.29, 0.717) is 17.4 Å². The topological polar surface area (TPSA) is 17.1 Å². The Kier molecular flexibility index (Phi) is 3.00. The molecule has 1 nitrogen and oxygen atoms in total. The Morgan fingerprint density at radius 3 is 2.41 bits per heavy atom. The molecule has 0 unspecified atom stereocenters. The zero-order chi connectivity index (χ0) is 12.4. The van der Waals surface area contributed by atoms with Gasteiger partial charge >= 0.3 is 0 Å². The van der Waals surface area contributed by atoms with Gasteiger partial charge in [0.2, 0.25) is 0 Å². The average Bonchev–Trinajstić information content (AvgIpc) is 2.32. The van der Waals surface area contributed by atoms with E-state index in [-0.39, 0.29) is 5.56 Å². The zero-order valence-corrected chi connectivity index (χ0v) is 9.21. The molecule has 0 aromatic heterocycles. The molecule has 0 aliphatic carbocycles. The summed E-state index contributed by atoms with van der Waals surface area (Å²) in [4.78, 5) is 10.9. The van der Waals surface area contributed by atoms with Crippen LogP contribution in [-0.2, 0) is 0 Å². The highest BCUT2D eigenvalue weighted by Gasteiger charge is 2.10. The number of aldehydes is 1. The number of carbonyl (C=O) groups excluding carboxylic acids is 1. The quantitative estimate of drug-likeness (QED) is 0.720. The number of halogens is 2. The molecule has 2 aromatic rings. The number of hydrogen-bond donors (Lipinski definition) is 0. The van der Waals surface area contributed by atoms with Crippen LogP contribution in [0.2, 0.25) is 0 Å². The smallest absolute Gasteiger partial charge is 0.159 e. The summed E-state index contributed by atoms with van der Waals surface area (Å²) >= 11 is 0. The summed E-state index contributed by atoms with van der Waals surface area (Å²) in [6, 6.07) is 9.24. The van der Waals surface area contributed by atoms with Gasteiger partial charge in [-0.1, -0.05) is 29.8 Å². The molecule has 0 bridgehead atoms. The highest BCUT2D eigenvalue weighted by Crippen LogP contribution is 2.25. The van der Waals surface area contributed by atoms with Gasteiger partial charge in [0.1, 0.15) is 0 Å². The third-order valence-corrected chi connectivity index (χ3v) is 2.55. The molecule has 0 saturated heterocycles. The fourth-order valence-corrected chi connectivity index (χ4v) is 1.72. The van der Waals surface area contributed by atoms with E-state index in [1.807, 2.05) is 19.1 Å². The first-order chi connectivity index (χ1) is 8.11. The van der Waals surface area contributed by atoms with Gasteiger partial charge < -0.3 is 0 Å². The molecule has 0 atom stereocenters. The van der Waals surface area contributed by atoms with Crippen LogP contribution in [0.4, 0.5) is 8.78 Å². The SMILES string of the molecule is Cc1cccc(-c2cc(F)c(F)cc2C=O)c1. The monoisotopic (exact) mass is 232 g/mol. The van der Waals surface area contributed by atoms with Crippen LogP contribution in [0.1, 0.15) is 15.9 Å². The van der Waals surface area contributed by atoms with Gasteiger partial charge in [-0.15, -0.1) is 0 Å². The van der Waals surface area contributed by atoms with Crippen molar-refractivity contribution in [1.82, 2.24) is 0 Å². The van der Waals surface area contributed by atoms with Crippen LogP contribution >= 0.6 is 0 Å². The lowest BCUT2D eigenvalue weighted by molar-refractivity contribution is 0.112. The van der Waals surface area contributed by atoms with Crippen LogP contribution in [-0.4, -0.2) is 6.29 Å². The summed E-state index contributed by atoms with van der Waals surface area (Å²) in [6.07, 6.45) is 0.528. The number of benzene rings is 2. The van der Waals surface area contributed by atoms with Crippen molar-refractivity contribution in [2.24, 2.45) is 0 Å². The lowest BCUT2D eigenvalue weighted by Gasteiger charge is -2.07. The molecule has 0 saturated carbocycles. The fourth-order valence-electron chi connectivity index (χ4n) is 1.72. The molecule has 2 rings (SSSR count). The minimum absolute atomic E-state index is 0.148. The van der Waals surface area contributed by atoms with Crippen molar-refractivity contribution in [3.05, 3.63) is 59.2 Å². The minimum atomic E-state index is -1.01. The van der Waals surface area contributed by atoms with E-state index in [2.05, 4.69) is 0 Å². The lowest BCUT2D eigenvalue weighted by atomic mass is 9.98. The van der Waals surface area contributed by atoms with E-state index < -0.39 is 11.6 Å². The van der Waals surface area contributed by atoms with Crippen LogP contribution in [0.15, 0.2) is 36.4 Å². The normalized spacial score (nSPS) is 10.3. The van der Waals surface area contributed by atoms with E-state index in [1.54, 1.807) is 12.1 Å². The highest BCUT2D eigenvalue weighted by molar-refractivity contribution is 5.87. The Balaban J connectivity index is 2.66. The molecule has 2 aromatic carbocycles. The lowest BCUT2D eigenvalue weighted by Crippen LogP contribution is -1.93. The van der Waals surface area contributed by atoms with Crippen molar-refractivity contribution in [2.45, 2.75) is 6.92 Å². The summed E-state index contributed by atoms with van der Waals surface area (Å²) in [6.45, 7) is 1.89. The molecule has 3 heteroatoms. The Labute approximate surface area is 97.7 Å². The summed E-state index contributed by atoms with van der Waals surface area (Å²) in [7, 11) is 0. The van der Waals surface area contributed by atoms with Crippen LogP contribution in [0.3, 0.4) is 0 Å². The first-order valence-corrected chi connectivity index (χ1v) is 5.13. The molecule has 86 valence electrons. The van der Waals surface area contributed by atoms with Crippen molar-refractivity contribution in [3.63, 3.8) is 0 Å². The van der Waals surface area contributed by atoms with Crippen molar-refractivity contribution in [2.75, 3.05) is 0 Å². The van der Waals surface area contributed by atoms with Crippen LogP contribution in [0.5, 0.6) is 0 Å². The van der Waals surface area contributed by atoms with E-state index in [4.69, 9.17) is 0 Å². The van der Waals surface area contributed by atoms with Crippen molar-refractivity contribution < 1.29 is 13.6 Å². The van der Waals surface area contributed by atoms with Crippen LogP contribution in [0.25, 0.3) is 11.1 Å². The van der Waals surface area contributed by atoms with Gasteiger partial charge in [-0.05, 0) is 30.2 Å². The molecule has 0 heterocycles. The van der Waals surface area contributed by atoms with Gasteiger partial charge in [0.15, 0.2) is 17.9 Å². The molecular formula is C14H10F2O. The third-order valence-electron chi connectivity index (χ3n) is 2.55. The standard InChI is InChI=1S/C14H10F2O/c1-9-3-2-4-10(5-9)12-7-14(16)13(15)6-11(12)8-17/h2-8H,1H3. The summed E-state index contributed by atoms with van der Waals surface area (Å²) in [5.41, 5.74) is 2.24. The number of carbonyl (C=O) groups is 1. The van der Waals surface area contributed by atoms with Gasteiger partial charge in [0.05, 0.1) is 0 Å². The van der Waals surface area contributed by atoms with E-state index in [1.165, 1.54) is 0 Å². The number of hydrogen-bond acceptors (Lipinski definition) is 1. The predicted octanol–water partition coefficient (Wildman–Crippen LogP) is 3.75. The fraction of sp³-hybridized carbons (Fsp3) is 0.0714. The van der Waals surface area contributed by atoms with Gasteiger partial charge in [-0.2, -0.15) is 0 Å². The maximum Gasteiger partial charge on any atom is 0.159 e. The Bertz CT molecular complexity index is 576. The molecular weight excluding hydrogens is 222 g/mol. The van der Waals surface area contributed by atoms with E-state index >= 15 is 0 Å². The average molecular weight is 232 g/mol. The van der Waals surface area contributed by atoms with Crippen molar-refractivity contribution in [1.29, 1.82) is 0 Å². The maximum absolute atomic E-state index is 13.2. The van der Waals surface area contributed by atoms with Gasteiger partial charge in [0.25, 0.3) is 0 Å². The molecule has 0 radical (unpaired) electrons. The second kappa shape index (κ2) is 4.45. The Morgan fingerprint density at radius 2 is 1.76 bits per heavy atom. The van der Waals surface area contributed by atoms with Crippen molar-refractivity contribution >= 4 is 6.29 Å². The highest BCUT2D eigenvalue weighted by atomic mass is 19.2. The van der Waals surface area contributed by atoms with E-state index in [9.17, 15) is 13.6 Å². The van der Waals surface area contributed by atoms with Gasteiger partial charge in [-0.25, -0.2) is 8.78 Å². The number of aryl methyl sites for hydroxylation is 1. The van der Waals surface area contributed by atoms with Crippen molar-refractivity contribution in [3.8, 4) is 11.1 Å². The zero-order valence-electron chi connectivity index (χ0n) is 9.21. The molecule has 0 aliphatic heterocycles. The first kappa shape index (κ1) is 11.5. The van der Waals surface area contributed by atoms with Gasteiger partial charge in [0, 0.05) is 5.56 Å². The van der Waals surface area contributed by atoms with Crippen LogP contribution < -0.4 is 0 Å². The minimum Gasteiger partial charge on any atom is -0.298 e. The first-order valence-electron chi connectivity index (χ1n) is 5.13. The van der Waals surface area contributed by atoms with Gasteiger partial charge in [-0.3, -0.25) is 4.79 Å². The molecule has 0 spiro atoms. The molecule has 0 amide bonds. The Morgan fingerprint density at radius 1 is 1.06 bits per heavy atom. The summed E-state index contributed by atoms with van der Waals surface area (Å²) < 4.78 is 26.2. The second-order valence-electron chi connectivity index (χ2n) is 3.84. The third kappa shape index (κ3) is 2.23. The molecule has 0 N–H and O–H groups in total. The van der Waals surface area contributed by atoms with Crippen LogP contribution in [0, 0.1) is 18.6 Å². The van der Waals surface area contributed by atoms with E-state index in [0.717, 1.165) is 17.7 Å².